The Labute approximate surface area is 142 Å². The van der Waals surface area contributed by atoms with E-state index in [9.17, 15) is 4.79 Å². The van der Waals surface area contributed by atoms with Gasteiger partial charge >= 0.3 is 0 Å². The molecule has 5 nitrogen and oxygen atoms in total. The lowest BCUT2D eigenvalue weighted by Gasteiger charge is -2.15. The highest BCUT2D eigenvalue weighted by molar-refractivity contribution is 6.03. The van der Waals surface area contributed by atoms with Crippen molar-refractivity contribution < 1.29 is 4.79 Å². The van der Waals surface area contributed by atoms with Crippen molar-refractivity contribution >= 4 is 17.5 Å². The Hall–Kier alpha value is -2.43. The second kappa shape index (κ2) is 7.90. The van der Waals surface area contributed by atoms with Gasteiger partial charge in [0.25, 0.3) is 5.91 Å². The summed E-state index contributed by atoms with van der Waals surface area (Å²) in [5, 5.41) is 6.24. The van der Waals surface area contributed by atoms with Gasteiger partial charge in [-0.25, -0.2) is 9.97 Å². The van der Waals surface area contributed by atoms with E-state index in [1.54, 1.807) is 12.4 Å². The maximum Gasteiger partial charge on any atom is 0.258 e. The number of nitrogens with zero attached hydrogens (tertiary/aromatic N) is 2. The van der Waals surface area contributed by atoms with Gasteiger partial charge in [-0.05, 0) is 31.9 Å². The van der Waals surface area contributed by atoms with Gasteiger partial charge in [0.15, 0.2) is 0 Å². The van der Waals surface area contributed by atoms with Crippen LogP contribution in [0.3, 0.4) is 0 Å². The smallest absolute Gasteiger partial charge is 0.258 e. The van der Waals surface area contributed by atoms with Crippen molar-refractivity contribution in [2.75, 3.05) is 10.6 Å². The third-order valence-electron chi connectivity index (χ3n) is 4.41. The number of aryl methyl sites for hydroxylation is 1. The first-order valence-corrected chi connectivity index (χ1v) is 8.67. The summed E-state index contributed by atoms with van der Waals surface area (Å²) in [5.74, 6) is 0.411. The Morgan fingerprint density at radius 1 is 1.00 bits per heavy atom. The van der Waals surface area contributed by atoms with Crippen molar-refractivity contribution in [3.8, 4) is 0 Å². The molecule has 2 N–H and O–H groups in total. The fourth-order valence-corrected chi connectivity index (χ4v) is 2.97. The molecule has 1 aromatic carbocycles. The zero-order valence-electron chi connectivity index (χ0n) is 14.1. The fraction of sp³-hybridized carbons (Fsp3) is 0.421. The molecule has 1 fully saturated rings. The van der Waals surface area contributed by atoms with Crippen LogP contribution in [0.5, 0.6) is 0 Å². The van der Waals surface area contributed by atoms with Gasteiger partial charge in [-0.15, -0.1) is 0 Å². The molecule has 0 radical (unpaired) electrons. The molecule has 24 heavy (non-hydrogen) atoms. The maximum absolute atomic E-state index is 12.2. The van der Waals surface area contributed by atoms with Gasteiger partial charge < -0.3 is 10.6 Å². The number of benzene rings is 1. The number of anilines is 2. The van der Waals surface area contributed by atoms with Crippen molar-refractivity contribution in [3.05, 3.63) is 47.8 Å². The molecular formula is C19H24N4O. The van der Waals surface area contributed by atoms with E-state index in [-0.39, 0.29) is 5.91 Å². The van der Waals surface area contributed by atoms with E-state index in [1.165, 1.54) is 38.5 Å². The van der Waals surface area contributed by atoms with E-state index in [4.69, 9.17) is 0 Å². The second-order valence-electron chi connectivity index (χ2n) is 6.45. The fourth-order valence-electron chi connectivity index (χ4n) is 2.97. The Balaban J connectivity index is 1.58. The molecule has 1 heterocycles. The number of amides is 1. The van der Waals surface area contributed by atoms with Crippen LogP contribution in [0.4, 0.5) is 11.6 Å². The van der Waals surface area contributed by atoms with Crippen molar-refractivity contribution in [2.45, 2.75) is 51.5 Å². The van der Waals surface area contributed by atoms with Crippen LogP contribution in [0, 0.1) is 6.92 Å². The highest BCUT2D eigenvalue weighted by Gasteiger charge is 2.13. The number of rotatable bonds is 4. The molecule has 0 saturated heterocycles. The average molecular weight is 324 g/mol. The summed E-state index contributed by atoms with van der Waals surface area (Å²) in [6, 6.07) is 8.14. The number of hydrogen-bond acceptors (Lipinski definition) is 4. The summed E-state index contributed by atoms with van der Waals surface area (Å²) in [5.41, 5.74) is 2.39. The molecule has 1 aliphatic carbocycles. The summed E-state index contributed by atoms with van der Waals surface area (Å²) in [7, 11) is 0. The van der Waals surface area contributed by atoms with Crippen LogP contribution in [-0.4, -0.2) is 21.9 Å². The molecular weight excluding hydrogens is 300 g/mol. The molecule has 3 rings (SSSR count). The largest absolute Gasteiger partial charge is 0.351 e. The van der Waals surface area contributed by atoms with Crippen molar-refractivity contribution in [1.82, 2.24) is 9.97 Å². The minimum absolute atomic E-state index is 0.195. The zero-order valence-corrected chi connectivity index (χ0v) is 14.1. The maximum atomic E-state index is 12.2. The van der Waals surface area contributed by atoms with Gasteiger partial charge in [-0.3, -0.25) is 4.79 Å². The van der Waals surface area contributed by atoms with Gasteiger partial charge in [-0.1, -0.05) is 43.4 Å². The average Bonchev–Trinajstić information content (AvgIpc) is 2.86. The third-order valence-corrected chi connectivity index (χ3v) is 4.41. The number of hydrogen-bond donors (Lipinski definition) is 2. The van der Waals surface area contributed by atoms with E-state index in [0.29, 0.717) is 17.6 Å². The first kappa shape index (κ1) is 16.4. The summed E-state index contributed by atoms with van der Waals surface area (Å²) in [6.07, 6.45) is 10.6. The minimum Gasteiger partial charge on any atom is -0.351 e. The van der Waals surface area contributed by atoms with Crippen LogP contribution >= 0.6 is 0 Å². The second-order valence-corrected chi connectivity index (χ2v) is 6.45. The SMILES string of the molecule is Cc1ccc(NC(=O)c2cnc(NC3CCCCCC3)nc2)cc1. The number of carbonyl (C=O) groups is 1. The molecule has 1 amide bonds. The summed E-state index contributed by atoms with van der Waals surface area (Å²) < 4.78 is 0. The van der Waals surface area contributed by atoms with Gasteiger partial charge in [0.2, 0.25) is 5.95 Å². The molecule has 0 aliphatic heterocycles. The van der Waals surface area contributed by atoms with Gasteiger partial charge in [0.1, 0.15) is 0 Å². The molecule has 126 valence electrons. The number of aromatic nitrogens is 2. The molecule has 0 bridgehead atoms. The van der Waals surface area contributed by atoms with Crippen LogP contribution in [0.2, 0.25) is 0 Å². The lowest BCUT2D eigenvalue weighted by Crippen LogP contribution is -2.20. The minimum atomic E-state index is -0.195. The van der Waals surface area contributed by atoms with Crippen LogP contribution in [-0.2, 0) is 0 Å². The van der Waals surface area contributed by atoms with E-state index in [1.807, 2.05) is 31.2 Å². The first-order valence-electron chi connectivity index (χ1n) is 8.67. The normalized spacial score (nSPS) is 15.5. The van der Waals surface area contributed by atoms with E-state index < -0.39 is 0 Å². The zero-order chi connectivity index (χ0) is 16.8. The van der Waals surface area contributed by atoms with Crippen LogP contribution in [0.25, 0.3) is 0 Å². The van der Waals surface area contributed by atoms with Crippen molar-refractivity contribution in [3.63, 3.8) is 0 Å². The predicted octanol–water partition coefficient (Wildman–Crippen LogP) is 4.17. The lowest BCUT2D eigenvalue weighted by atomic mass is 10.1. The van der Waals surface area contributed by atoms with Gasteiger partial charge in [0.05, 0.1) is 5.56 Å². The monoisotopic (exact) mass is 324 g/mol. The highest BCUT2D eigenvalue weighted by Crippen LogP contribution is 2.19. The molecule has 1 aliphatic rings. The number of carbonyl (C=O) groups excluding carboxylic acids is 1. The van der Waals surface area contributed by atoms with Crippen molar-refractivity contribution in [1.29, 1.82) is 0 Å². The van der Waals surface area contributed by atoms with Crippen molar-refractivity contribution in [2.24, 2.45) is 0 Å². The first-order chi connectivity index (χ1) is 11.7. The van der Waals surface area contributed by atoms with Crippen LogP contribution < -0.4 is 10.6 Å². The van der Waals surface area contributed by atoms with E-state index in [0.717, 1.165) is 11.3 Å². The van der Waals surface area contributed by atoms with Crippen LogP contribution in [0.1, 0.15) is 54.4 Å². The summed E-state index contributed by atoms with van der Waals surface area (Å²) >= 11 is 0. The standard InChI is InChI=1S/C19H24N4O/c1-14-8-10-17(11-9-14)22-18(24)15-12-20-19(21-13-15)23-16-6-4-2-3-5-7-16/h8-13,16H,2-7H2,1H3,(H,22,24)(H,20,21,23). The highest BCUT2D eigenvalue weighted by atomic mass is 16.1. The molecule has 0 atom stereocenters. The molecule has 1 aromatic heterocycles. The molecule has 2 aromatic rings. The molecule has 0 spiro atoms. The summed E-state index contributed by atoms with van der Waals surface area (Å²) in [4.78, 5) is 20.8. The Morgan fingerprint density at radius 3 is 2.25 bits per heavy atom. The summed E-state index contributed by atoms with van der Waals surface area (Å²) in [6.45, 7) is 2.01. The van der Waals surface area contributed by atoms with E-state index >= 15 is 0 Å². The Bertz CT molecular complexity index is 659. The number of nitrogens with one attached hydrogen (secondary N) is 2. The quantitative estimate of drug-likeness (QED) is 0.828. The molecule has 1 saturated carbocycles. The van der Waals surface area contributed by atoms with E-state index in [2.05, 4.69) is 20.6 Å². The Morgan fingerprint density at radius 2 is 1.62 bits per heavy atom. The molecule has 0 unspecified atom stereocenters. The Kier molecular flexibility index (Phi) is 5.41. The van der Waals surface area contributed by atoms with Gasteiger partial charge in [0, 0.05) is 24.1 Å². The third kappa shape index (κ3) is 4.54. The predicted molar refractivity (Wildman–Crippen MR) is 96.3 cm³/mol. The van der Waals surface area contributed by atoms with Crippen LogP contribution in [0.15, 0.2) is 36.7 Å². The molecule has 5 heteroatoms. The topological polar surface area (TPSA) is 66.9 Å². The lowest BCUT2D eigenvalue weighted by molar-refractivity contribution is 0.102. The van der Waals surface area contributed by atoms with Gasteiger partial charge in [-0.2, -0.15) is 0 Å².